The Morgan fingerprint density at radius 1 is 1.30 bits per heavy atom. The molecule has 0 aliphatic carbocycles. The normalized spacial score (nSPS) is 17.3. The van der Waals surface area contributed by atoms with Gasteiger partial charge in [-0.2, -0.15) is 0 Å². The lowest BCUT2D eigenvalue weighted by molar-refractivity contribution is 0.237. The average Bonchev–Trinajstić information content (AvgIpc) is 2.70. The Balaban J connectivity index is 1.55. The van der Waals surface area contributed by atoms with Gasteiger partial charge in [-0.05, 0) is 25.3 Å². The molecule has 4 rings (SSSR count). The fraction of sp³-hybridized carbons (Fsp3) is 0.450. The highest BCUT2D eigenvalue weighted by Gasteiger charge is 2.23. The van der Waals surface area contributed by atoms with Gasteiger partial charge in [0.1, 0.15) is 0 Å². The summed E-state index contributed by atoms with van der Waals surface area (Å²) in [6, 6.07) is 5.13. The summed E-state index contributed by atoms with van der Waals surface area (Å²) in [5.74, 6) is 0.511. The lowest BCUT2D eigenvalue weighted by Crippen LogP contribution is -2.36. The number of nitrogens with zero attached hydrogens (tertiary/aromatic N) is 3. The van der Waals surface area contributed by atoms with Crippen LogP contribution >= 0.6 is 0 Å². The number of nitrogens with one attached hydrogen (secondary N) is 1. The maximum Gasteiger partial charge on any atom is 0.255 e. The molecule has 0 saturated carbocycles. The van der Waals surface area contributed by atoms with Crippen LogP contribution < -0.4 is 10.3 Å². The van der Waals surface area contributed by atoms with Crippen LogP contribution in [-0.4, -0.2) is 40.8 Å². The molecule has 0 saturated heterocycles. The first-order chi connectivity index (χ1) is 13.2. The molecule has 1 aromatic carbocycles. The molecule has 27 heavy (non-hydrogen) atoms. The summed E-state index contributed by atoms with van der Waals surface area (Å²) in [5, 5.41) is 0. The highest BCUT2D eigenvalue weighted by atomic mass is 19.1. The first kappa shape index (κ1) is 17.9. The quantitative estimate of drug-likeness (QED) is 0.897. The Morgan fingerprint density at radius 2 is 2.19 bits per heavy atom. The third-order valence-corrected chi connectivity index (χ3v) is 5.20. The topological polar surface area (TPSA) is 70.6 Å². The fourth-order valence-corrected chi connectivity index (χ4v) is 3.72. The van der Waals surface area contributed by atoms with Crippen molar-refractivity contribution < 1.29 is 9.13 Å². The third kappa shape index (κ3) is 3.64. The van der Waals surface area contributed by atoms with E-state index in [0.29, 0.717) is 36.5 Å². The Labute approximate surface area is 157 Å². The molecule has 142 valence electrons. The van der Waals surface area contributed by atoms with Gasteiger partial charge in [0.25, 0.3) is 5.56 Å². The van der Waals surface area contributed by atoms with Crippen molar-refractivity contribution >= 4 is 5.71 Å². The molecule has 0 bridgehead atoms. The van der Waals surface area contributed by atoms with Crippen LogP contribution in [0.2, 0.25) is 0 Å². The van der Waals surface area contributed by atoms with E-state index in [4.69, 9.17) is 4.74 Å². The van der Waals surface area contributed by atoms with Gasteiger partial charge >= 0.3 is 0 Å². The number of aromatic amines is 1. The Morgan fingerprint density at radius 3 is 2.96 bits per heavy atom. The predicted molar refractivity (Wildman–Crippen MR) is 101 cm³/mol. The van der Waals surface area contributed by atoms with E-state index in [1.54, 1.807) is 18.2 Å². The highest BCUT2D eigenvalue weighted by Crippen LogP contribution is 2.23. The second-order valence-corrected chi connectivity index (χ2v) is 7.02. The van der Waals surface area contributed by atoms with E-state index in [0.717, 1.165) is 43.8 Å². The maximum atomic E-state index is 14.4. The molecule has 0 fully saturated rings. The molecule has 2 aliphatic rings. The van der Waals surface area contributed by atoms with Crippen molar-refractivity contribution in [1.82, 2.24) is 14.9 Å². The van der Waals surface area contributed by atoms with Crippen LogP contribution in [-0.2, 0) is 19.5 Å². The van der Waals surface area contributed by atoms with Gasteiger partial charge < -0.3 is 9.72 Å². The molecule has 0 amide bonds. The highest BCUT2D eigenvalue weighted by molar-refractivity contribution is 5.97. The van der Waals surface area contributed by atoms with Crippen molar-refractivity contribution in [2.45, 2.75) is 38.8 Å². The van der Waals surface area contributed by atoms with Crippen molar-refractivity contribution in [2.24, 2.45) is 4.99 Å². The largest absolute Gasteiger partial charge is 0.494 e. The standard InChI is InChI=1S/C20H23FN4O2/c1-27-17-7-4-5-13(18(17)21)11-25-10-8-15-14(12-25)20(26)24-19(23-15)16-6-2-3-9-22-16/h4-5,7H,2-3,6,8-12H2,1H3,(H,23,24,26). The van der Waals surface area contributed by atoms with E-state index in [1.165, 1.54) is 7.11 Å². The number of aliphatic imine (C=N–C) groups is 1. The Bertz CT molecular complexity index is 938. The molecular formula is C20H23FN4O2. The van der Waals surface area contributed by atoms with Crippen molar-refractivity contribution in [3.8, 4) is 5.75 Å². The van der Waals surface area contributed by atoms with Crippen LogP contribution in [0.3, 0.4) is 0 Å². The first-order valence-corrected chi connectivity index (χ1v) is 9.35. The van der Waals surface area contributed by atoms with Crippen LogP contribution in [0.5, 0.6) is 5.75 Å². The zero-order valence-electron chi connectivity index (χ0n) is 15.4. The van der Waals surface area contributed by atoms with E-state index < -0.39 is 0 Å². The van der Waals surface area contributed by atoms with Crippen molar-refractivity contribution in [2.75, 3.05) is 20.2 Å². The number of hydrogen-bond acceptors (Lipinski definition) is 5. The minimum atomic E-state index is -0.344. The summed E-state index contributed by atoms with van der Waals surface area (Å²) in [6.07, 6.45) is 3.71. The smallest absolute Gasteiger partial charge is 0.255 e. The van der Waals surface area contributed by atoms with E-state index >= 15 is 0 Å². The Kier molecular flexibility index (Phi) is 5.03. The molecule has 1 aromatic heterocycles. The minimum Gasteiger partial charge on any atom is -0.494 e. The fourth-order valence-electron chi connectivity index (χ4n) is 3.72. The second kappa shape index (κ2) is 7.60. The first-order valence-electron chi connectivity index (χ1n) is 9.35. The lowest BCUT2D eigenvalue weighted by Gasteiger charge is -2.28. The SMILES string of the molecule is COc1cccc(CN2CCc3nc(C4=NCCCC4)[nH]c(=O)c3C2)c1F. The van der Waals surface area contributed by atoms with Crippen molar-refractivity contribution in [3.63, 3.8) is 0 Å². The summed E-state index contributed by atoms with van der Waals surface area (Å²) in [4.78, 5) is 26.8. The molecule has 3 heterocycles. The zero-order chi connectivity index (χ0) is 18.8. The van der Waals surface area contributed by atoms with Gasteiger partial charge in [0, 0.05) is 38.2 Å². The van der Waals surface area contributed by atoms with Gasteiger partial charge in [-0.25, -0.2) is 9.37 Å². The van der Waals surface area contributed by atoms with Gasteiger partial charge in [0.15, 0.2) is 17.4 Å². The number of H-pyrrole nitrogens is 1. The maximum absolute atomic E-state index is 14.4. The van der Waals surface area contributed by atoms with Gasteiger partial charge in [-0.1, -0.05) is 12.1 Å². The van der Waals surface area contributed by atoms with E-state index in [-0.39, 0.29) is 17.1 Å². The molecule has 0 unspecified atom stereocenters. The van der Waals surface area contributed by atoms with Crippen LogP contribution in [0.4, 0.5) is 4.39 Å². The summed E-state index contributed by atoms with van der Waals surface area (Å²) in [6.45, 7) is 2.42. The summed E-state index contributed by atoms with van der Waals surface area (Å²) in [7, 11) is 1.46. The van der Waals surface area contributed by atoms with Gasteiger partial charge in [0.05, 0.1) is 24.1 Å². The van der Waals surface area contributed by atoms with Crippen molar-refractivity contribution in [1.29, 1.82) is 0 Å². The van der Waals surface area contributed by atoms with Crippen molar-refractivity contribution in [3.05, 3.63) is 57.0 Å². The van der Waals surface area contributed by atoms with Gasteiger partial charge in [-0.3, -0.25) is 14.7 Å². The van der Waals surface area contributed by atoms with Crippen LogP contribution in [0.1, 0.15) is 41.9 Å². The molecule has 6 nitrogen and oxygen atoms in total. The zero-order valence-corrected chi connectivity index (χ0v) is 15.4. The monoisotopic (exact) mass is 370 g/mol. The number of fused-ring (bicyclic) bond motifs is 1. The molecular weight excluding hydrogens is 347 g/mol. The number of benzene rings is 1. The van der Waals surface area contributed by atoms with E-state index in [1.807, 2.05) is 0 Å². The third-order valence-electron chi connectivity index (χ3n) is 5.20. The van der Waals surface area contributed by atoms with Crippen LogP contribution in [0.15, 0.2) is 28.0 Å². The molecule has 2 aromatic rings. The number of ether oxygens (including phenoxy) is 1. The lowest BCUT2D eigenvalue weighted by atomic mass is 10.0. The number of aromatic nitrogens is 2. The number of hydrogen-bond donors (Lipinski definition) is 1. The summed E-state index contributed by atoms with van der Waals surface area (Å²) in [5.41, 5.74) is 2.87. The Hall–Kier alpha value is -2.54. The van der Waals surface area contributed by atoms with E-state index in [2.05, 4.69) is 19.9 Å². The summed E-state index contributed by atoms with van der Waals surface area (Å²) < 4.78 is 19.5. The molecule has 2 aliphatic heterocycles. The average molecular weight is 370 g/mol. The minimum absolute atomic E-state index is 0.112. The number of rotatable bonds is 4. The molecule has 0 radical (unpaired) electrons. The molecule has 0 atom stereocenters. The van der Waals surface area contributed by atoms with Gasteiger partial charge in [0.2, 0.25) is 0 Å². The molecule has 7 heteroatoms. The van der Waals surface area contributed by atoms with Crippen LogP contribution in [0, 0.1) is 5.82 Å². The van der Waals surface area contributed by atoms with Gasteiger partial charge in [-0.15, -0.1) is 0 Å². The summed E-state index contributed by atoms with van der Waals surface area (Å²) >= 11 is 0. The second-order valence-electron chi connectivity index (χ2n) is 7.02. The van der Waals surface area contributed by atoms with Crippen LogP contribution in [0.25, 0.3) is 0 Å². The molecule has 0 spiro atoms. The number of methoxy groups -OCH3 is 1. The number of halogens is 1. The van der Waals surface area contributed by atoms with E-state index in [9.17, 15) is 9.18 Å². The predicted octanol–water partition coefficient (Wildman–Crippen LogP) is 2.45. The molecule has 1 N–H and O–H groups in total.